The van der Waals surface area contributed by atoms with Gasteiger partial charge in [0.1, 0.15) is 12.1 Å². The third-order valence-corrected chi connectivity index (χ3v) is 3.64. The first-order valence-corrected chi connectivity index (χ1v) is 7.84. The van der Waals surface area contributed by atoms with Crippen LogP contribution in [0.25, 0.3) is 0 Å². The van der Waals surface area contributed by atoms with E-state index < -0.39 is 6.10 Å². The number of hydrogen-bond donors (Lipinski definition) is 3. The Morgan fingerprint density at radius 2 is 1.96 bits per heavy atom. The molecule has 0 fully saturated rings. The fraction of sp³-hybridized carbons (Fsp3) is 0.312. The van der Waals surface area contributed by atoms with Crippen LogP contribution >= 0.6 is 23.2 Å². The number of hydrogen-bond acceptors (Lipinski definition) is 5. The number of nitrogens with one attached hydrogen (secondary N) is 2. The van der Waals surface area contributed by atoms with Crippen LogP contribution in [0.3, 0.4) is 0 Å². The van der Waals surface area contributed by atoms with Gasteiger partial charge >= 0.3 is 0 Å². The van der Waals surface area contributed by atoms with Crippen LogP contribution in [0, 0.1) is 22.7 Å². The van der Waals surface area contributed by atoms with Gasteiger partial charge in [0, 0.05) is 12.6 Å². The Kier molecular flexibility index (Phi) is 8.25. The van der Waals surface area contributed by atoms with Gasteiger partial charge in [0.15, 0.2) is 11.4 Å². The van der Waals surface area contributed by atoms with E-state index in [4.69, 9.17) is 33.7 Å². The number of nitrogens with zero attached hydrogens (tertiary/aromatic N) is 3. The average molecular weight is 366 g/mol. The normalized spacial score (nSPS) is 11.2. The minimum absolute atomic E-state index is 0.150. The van der Waals surface area contributed by atoms with Gasteiger partial charge in [-0.1, -0.05) is 43.1 Å². The molecule has 2 aromatic rings. The van der Waals surface area contributed by atoms with Gasteiger partial charge in [-0.2, -0.15) is 10.5 Å². The van der Waals surface area contributed by atoms with E-state index >= 15 is 0 Å². The molecule has 1 unspecified atom stereocenters. The Balaban J connectivity index is 0.000000272. The number of H-pyrrole nitrogens is 1. The van der Waals surface area contributed by atoms with Crippen molar-refractivity contribution < 1.29 is 5.11 Å². The van der Waals surface area contributed by atoms with Crippen LogP contribution in [-0.4, -0.2) is 27.7 Å². The molecule has 1 aromatic heterocycles. The molecular formula is C16H17Cl2N5O. The largest absolute Gasteiger partial charge is 0.387 e. The molecule has 1 aromatic carbocycles. The third kappa shape index (κ3) is 6.19. The highest BCUT2D eigenvalue weighted by molar-refractivity contribution is 6.42. The highest BCUT2D eigenvalue weighted by Crippen LogP contribution is 2.25. The lowest BCUT2D eigenvalue weighted by Gasteiger charge is -2.14. The van der Waals surface area contributed by atoms with Crippen LogP contribution in [0.1, 0.15) is 36.9 Å². The molecular weight excluding hydrogens is 349 g/mol. The predicted molar refractivity (Wildman–Crippen MR) is 92.6 cm³/mol. The second-order valence-electron chi connectivity index (χ2n) is 5.10. The summed E-state index contributed by atoms with van der Waals surface area (Å²) in [5, 5.41) is 30.5. The van der Waals surface area contributed by atoms with Gasteiger partial charge in [0.25, 0.3) is 0 Å². The summed E-state index contributed by atoms with van der Waals surface area (Å²) >= 11 is 11.6. The lowest BCUT2D eigenvalue weighted by molar-refractivity contribution is 0.171. The van der Waals surface area contributed by atoms with Crippen LogP contribution < -0.4 is 5.32 Å². The Hall–Kier alpha value is -2.09. The lowest BCUT2D eigenvalue weighted by Crippen LogP contribution is -2.27. The number of nitriles is 2. The van der Waals surface area contributed by atoms with Crippen molar-refractivity contribution in [3.63, 3.8) is 0 Å². The highest BCUT2D eigenvalue weighted by atomic mass is 35.5. The number of aromatic amines is 1. The SMILES string of the molecule is CC(C)NCC(O)c1ccc(Cl)c(Cl)c1.N#Cc1nc[nH]c1C#N. The molecule has 0 bridgehead atoms. The van der Waals surface area contributed by atoms with E-state index in [-0.39, 0.29) is 11.4 Å². The first kappa shape index (κ1) is 20.0. The minimum atomic E-state index is -0.554. The second-order valence-corrected chi connectivity index (χ2v) is 5.92. The summed E-state index contributed by atoms with van der Waals surface area (Å²) in [4.78, 5) is 6.08. The van der Waals surface area contributed by atoms with Crippen molar-refractivity contribution in [2.75, 3.05) is 6.54 Å². The number of aliphatic hydroxyl groups is 1. The van der Waals surface area contributed by atoms with E-state index in [1.807, 2.05) is 13.8 Å². The van der Waals surface area contributed by atoms with Gasteiger partial charge in [-0.15, -0.1) is 0 Å². The van der Waals surface area contributed by atoms with Gasteiger partial charge in [-0.25, -0.2) is 4.98 Å². The molecule has 8 heteroatoms. The molecule has 0 saturated carbocycles. The van der Waals surface area contributed by atoms with Crippen molar-refractivity contribution in [1.82, 2.24) is 15.3 Å². The fourth-order valence-corrected chi connectivity index (χ4v) is 1.96. The maximum Gasteiger partial charge on any atom is 0.176 e. The third-order valence-electron chi connectivity index (χ3n) is 2.90. The van der Waals surface area contributed by atoms with Crippen molar-refractivity contribution in [3.05, 3.63) is 51.5 Å². The molecule has 6 nitrogen and oxygen atoms in total. The lowest BCUT2D eigenvalue weighted by atomic mass is 10.1. The van der Waals surface area contributed by atoms with E-state index in [1.165, 1.54) is 6.33 Å². The van der Waals surface area contributed by atoms with Crippen molar-refractivity contribution in [2.24, 2.45) is 0 Å². The first-order chi connectivity index (χ1) is 11.4. The number of rotatable bonds is 4. The summed E-state index contributed by atoms with van der Waals surface area (Å²) in [5.41, 5.74) is 1.15. The van der Waals surface area contributed by atoms with Crippen molar-refractivity contribution in [1.29, 1.82) is 10.5 Å². The monoisotopic (exact) mass is 365 g/mol. The van der Waals surface area contributed by atoms with Crippen molar-refractivity contribution in [3.8, 4) is 12.1 Å². The van der Waals surface area contributed by atoms with Gasteiger partial charge in [0.05, 0.1) is 22.5 Å². The highest BCUT2D eigenvalue weighted by Gasteiger charge is 2.09. The van der Waals surface area contributed by atoms with Crippen LogP contribution in [0.4, 0.5) is 0 Å². The standard InChI is InChI=1S/C11H15Cl2NO.C5H2N4/c1-7(2)14-6-11(15)8-3-4-9(12)10(13)5-8;6-1-4-5(2-7)9-3-8-4/h3-5,7,11,14-15H,6H2,1-2H3;3H,(H,8,9). The molecule has 0 saturated heterocycles. The Morgan fingerprint density at radius 1 is 1.25 bits per heavy atom. The predicted octanol–water partition coefficient (Wildman–Crippen LogP) is 3.18. The van der Waals surface area contributed by atoms with Crippen molar-refractivity contribution in [2.45, 2.75) is 26.0 Å². The second kappa shape index (κ2) is 9.92. The Labute approximate surface area is 150 Å². The van der Waals surface area contributed by atoms with Gasteiger partial charge < -0.3 is 15.4 Å². The number of imidazole rings is 1. The van der Waals surface area contributed by atoms with E-state index in [2.05, 4.69) is 15.3 Å². The molecule has 3 N–H and O–H groups in total. The molecule has 0 aliphatic carbocycles. The molecule has 24 heavy (non-hydrogen) atoms. The average Bonchev–Trinajstić information content (AvgIpc) is 3.03. The molecule has 0 amide bonds. The van der Waals surface area contributed by atoms with E-state index in [0.29, 0.717) is 22.6 Å². The van der Waals surface area contributed by atoms with Crippen LogP contribution in [0.15, 0.2) is 24.5 Å². The van der Waals surface area contributed by atoms with E-state index in [9.17, 15) is 5.11 Å². The summed E-state index contributed by atoms with van der Waals surface area (Å²) in [7, 11) is 0. The van der Waals surface area contributed by atoms with Crippen LogP contribution in [0.5, 0.6) is 0 Å². The topological polar surface area (TPSA) is 109 Å². The molecule has 2 rings (SSSR count). The zero-order valence-electron chi connectivity index (χ0n) is 13.2. The number of aromatic nitrogens is 2. The minimum Gasteiger partial charge on any atom is -0.387 e. The Bertz CT molecular complexity index is 717. The van der Waals surface area contributed by atoms with E-state index in [1.54, 1.807) is 30.3 Å². The molecule has 0 radical (unpaired) electrons. The number of benzene rings is 1. The Morgan fingerprint density at radius 3 is 2.46 bits per heavy atom. The van der Waals surface area contributed by atoms with Crippen molar-refractivity contribution >= 4 is 23.2 Å². The molecule has 126 valence electrons. The molecule has 1 heterocycles. The zero-order valence-corrected chi connectivity index (χ0v) is 14.7. The smallest absolute Gasteiger partial charge is 0.176 e. The fourth-order valence-electron chi connectivity index (χ4n) is 1.65. The quantitative estimate of drug-likeness (QED) is 0.770. The van der Waals surface area contributed by atoms with Gasteiger partial charge in [-0.3, -0.25) is 0 Å². The molecule has 1 atom stereocenters. The first-order valence-electron chi connectivity index (χ1n) is 7.09. The maximum atomic E-state index is 9.82. The summed E-state index contributed by atoms with van der Waals surface area (Å²) in [6.45, 7) is 4.57. The summed E-state index contributed by atoms with van der Waals surface area (Å²) in [6.07, 6.45) is 0.763. The zero-order chi connectivity index (χ0) is 18.1. The molecule has 0 spiro atoms. The summed E-state index contributed by atoms with van der Waals surface area (Å²) in [5.74, 6) is 0. The molecule has 0 aliphatic heterocycles. The maximum absolute atomic E-state index is 9.82. The van der Waals surface area contributed by atoms with Crippen LogP contribution in [-0.2, 0) is 0 Å². The van der Waals surface area contributed by atoms with Crippen LogP contribution in [0.2, 0.25) is 10.0 Å². The van der Waals surface area contributed by atoms with E-state index in [0.717, 1.165) is 5.56 Å². The van der Waals surface area contributed by atoms with Gasteiger partial charge in [-0.05, 0) is 17.7 Å². The summed E-state index contributed by atoms with van der Waals surface area (Å²) in [6, 6.07) is 9.06. The number of halogens is 2. The molecule has 0 aliphatic rings. The number of aliphatic hydroxyl groups excluding tert-OH is 1. The van der Waals surface area contributed by atoms with Gasteiger partial charge in [0.2, 0.25) is 0 Å². The summed E-state index contributed by atoms with van der Waals surface area (Å²) < 4.78 is 0.